The van der Waals surface area contributed by atoms with E-state index in [1.165, 1.54) is 0 Å². The molecule has 98 valence electrons. The second-order valence-corrected chi connectivity index (χ2v) is 5.98. The fraction of sp³-hybridized carbons (Fsp3) is 0.500. The fourth-order valence-corrected chi connectivity index (χ4v) is 3.35. The van der Waals surface area contributed by atoms with Crippen molar-refractivity contribution in [2.45, 2.75) is 24.6 Å². The molecule has 1 heterocycles. The van der Waals surface area contributed by atoms with Crippen molar-refractivity contribution in [1.82, 2.24) is 4.90 Å². The number of rotatable bonds is 3. The highest BCUT2D eigenvalue weighted by atomic mass is 32.2. The van der Waals surface area contributed by atoms with Crippen LogP contribution in [0.15, 0.2) is 30.3 Å². The monoisotopic (exact) mass is 264 g/mol. The normalized spacial score (nSPS) is 21.7. The van der Waals surface area contributed by atoms with E-state index in [4.69, 9.17) is 5.73 Å². The van der Waals surface area contributed by atoms with Gasteiger partial charge < -0.3 is 10.6 Å². The summed E-state index contributed by atoms with van der Waals surface area (Å²) in [5, 5.41) is 0.561. The molecule has 1 amide bonds. The van der Waals surface area contributed by atoms with Gasteiger partial charge in [-0.05, 0) is 12.0 Å². The zero-order valence-electron chi connectivity index (χ0n) is 10.7. The van der Waals surface area contributed by atoms with E-state index in [1.54, 1.807) is 0 Å². The molecule has 1 aromatic rings. The van der Waals surface area contributed by atoms with Crippen LogP contribution in [0.1, 0.15) is 24.9 Å². The molecule has 2 atom stereocenters. The van der Waals surface area contributed by atoms with E-state index in [-0.39, 0.29) is 5.91 Å². The number of benzene rings is 1. The lowest BCUT2D eigenvalue weighted by molar-refractivity contribution is -0.132. The van der Waals surface area contributed by atoms with Gasteiger partial charge in [0.05, 0.1) is 0 Å². The van der Waals surface area contributed by atoms with Gasteiger partial charge in [0, 0.05) is 24.1 Å². The summed E-state index contributed by atoms with van der Waals surface area (Å²) in [6, 6.07) is 9.08. The van der Waals surface area contributed by atoms with Crippen LogP contribution >= 0.6 is 11.8 Å². The van der Waals surface area contributed by atoms with Gasteiger partial charge in [0.2, 0.25) is 5.91 Å². The maximum atomic E-state index is 12.4. The lowest BCUT2D eigenvalue weighted by atomic mass is 10.1. The van der Waals surface area contributed by atoms with E-state index in [1.807, 2.05) is 47.0 Å². The maximum absolute atomic E-state index is 12.4. The standard InChI is InChI=1S/C14H20N2OS/c1-2-12-10-16(8-9-18-12)14(17)13(15)11-6-4-3-5-7-11/h3-7,12-13H,2,8-10,15H2,1H3/t12?,13-/m1/s1. The van der Waals surface area contributed by atoms with E-state index in [2.05, 4.69) is 6.92 Å². The molecule has 18 heavy (non-hydrogen) atoms. The van der Waals surface area contributed by atoms with E-state index in [9.17, 15) is 4.79 Å². The van der Waals surface area contributed by atoms with Crippen molar-refractivity contribution in [3.8, 4) is 0 Å². The highest BCUT2D eigenvalue weighted by molar-refractivity contribution is 8.00. The Hall–Kier alpha value is -1.00. The largest absolute Gasteiger partial charge is 0.339 e. The van der Waals surface area contributed by atoms with Crippen LogP contribution in [-0.4, -0.2) is 34.9 Å². The topological polar surface area (TPSA) is 46.3 Å². The molecular weight excluding hydrogens is 244 g/mol. The maximum Gasteiger partial charge on any atom is 0.244 e. The van der Waals surface area contributed by atoms with Crippen LogP contribution in [-0.2, 0) is 4.79 Å². The van der Waals surface area contributed by atoms with Crippen LogP contribution in [0.5, 0.6) is 0 Å². The molecule has 2 rings (SSSR count). The molecule has 1 aliphatic rings. The molecule has 0 radical (unpaired) electrons. The minimum atomic E-state index is -0.521. The minimum Gasteiger partial charge on any atom is -0.339 e. The van der Waals surface area contributed by atoms with Crippen molar-refractivity contribution in [2.75, 3.05) is 18.8 Å². The van der Waals surface area contributed by atoms with Gasteiger partial charge in [-0.3, -0.25) is 4.79 Å². The van der Waals surface area contributed by atoms with Gasteiger partial charge in [-0.25, -0.2) is 0 Å². The molecule has 0 aliphatic carbocycles. The van der Waals surface area contributed by atoms with Crippen molar-refractivity contribution < 1.29 is 4.79 Å². The summed E-state index contributed by atoms with van der Waals surface area (Å²) in [6.07, 6.45) is 1.11. The van der Waals surface area contributed by atoms with Crippen LogP contribution in [0.2, 0.25) is 0 Å². The summed E-state index contributed by atoms with van der Waals surface area (Å²) in [4.78, 5) is 14.3. The van der Waals surface area contributed by atoms with E-state index >= 15 is 0 Å². The molecule has 0 spiro atoms. The highest BCUT2D eigenvalue weighted by Crippen LogP contribution is 2.23. The number of thioether (sulfide) groups is 1. The van der Waals surface area contributed by atoms with Crippen LogP contribution in [0.4, 0.5) is 0 Å². The number of hydrogen-bond donors (Lipinski definition) is 1. The summed E-state index contributed by atoms with van der Waals surface area (Å²) in [7, 11) is 0. The number of nitrogens with two attached hydrogens (primary N) is 1. The van der Waals surface area contributed by atoms with Crippen molar-refractivity contribution in [3.63, 3.8) is 0 Å². The number of nitrogens with zero attached hydrogens (tertiary/aromatic N) is 1. The third-order valence-electron chi connectivity index (χ3n) is 3.33. The molecule has 3 nitrogen and oxygen atoms in total. The first-order valence-electron chi connectivity index (χ1n) is 6.43. The third-order valence-corrected chi connectivity index (χ3v) is 4.70. The molecule has 1 saturated heterocycles. The second-order valence-electron chi connectivity index (χ2n) is 4.57. The highest BCUT2D eigenvalue weighted by Gasteiger charge is 2.27. The van der Waals surface area contributed by atoms with Crippen molar-refractivity contribution in [1.29, 1.82) is 0 Å². The molecule has 1 aromatic carbocycles. The zero-order chi connectivity index (χ0) is 13.0. The minimum absolute atomic E-state index is 0.0555. The number of amides is 1. The molecule has 1 fully saturated rings. The Morgan fingerprint density at radius 1 is 1.50 bits per heavy atom. The average molecular weight is 264 g/mol. The Labute approximate surface area is 113 Å². The smallest absolute Gasteiger partial charge is 0.244 e. The lowest BCUT2D eigenvalue weighted by Crippen LogP contribution is -2.45. The van der Waals surface area contributed by atoms with Gasteiger partial charge in [0.15, 0.2) is 0 Å². The summed E-state index contributed by atoms with van der Waals surface area (Å²) in [5.41, 5.74) is 6.96. The lowest BCUT2D eigenvalue weighted by Gasteiger charge is -2.33. The SMILES string of the molecule is CCC1CN(C(=O)[C@H](N)c2ccccc2)CCS1. The van der Waals surface area contributed by atoms with Gasteiger partial charge in [-0.1, -0.05) is 37.3 Å². The molecule has 0 saturated carbocycles. The van der Waals surface area contributed by atoms with Gasteiger partial charge in [-0.15, -0.1) is 0 Å². The summed E-state index contributed by atoms with van der Waals surface area (Å²) >= 11 is 1.96. The van der Waals surface area contributed by atoms with Crippen LogP contribution in [0, 0.1) is 0 Å². The molecular formula is C14H20N2OS. The zero-order valence-corrected chi connectivity index (χ0v) is 11.5. The third kappa shape index (κ3) is 3.06. The van der Waals surface area contributed by atoms with E-state index < -0.39 is 6.04 Å². The van der Waals surface area contributed by atoms with E-state index in [0.29, 0.717) is 5.25 Å². The van der Waals surface area contributed by atoms with Crippen LogP contribution < -0.4 is 5.73 Å². The molecule has 1 aliphatic heterocycles. The molecule has 2 N–H and O–H groups in total. The van der Waals surface area contributed by atoms with Crippen LogP contribution in [0.25, 0.3) is 0 Å². The van der Waals surface area contributed by atoms with Gasteiger partial charge in [0.25, 0.3) is 0 Å². The molecule has 4 heteroatoms. The summed E-state index contributed by atoms with van der Waals surface area (Å²) in [6.45, 7) is 3.82. The molecule has 0 bridgehead atoms. The Bertz CT molecular complexity index is 396. The summed E-state index contributed by atoms with van der Waals surface area (Å²) in [5.74, 6) is 1.08. The number of carbonyl (C=O) groups is 1. The van der Waals surface area contributed by atoms with Crippen LogP contribution in [0.3, 0.4) is 0 Å². The Kier molecular flexibility index (Phi) is 4.66. The van der Waals surface area contributed by atoms with Gasteiger partial charge in [0.1, 0.15) is 6.04 Å². The van der Waals surface area contributed by atoms with Crippen molar-refractivity contribution in [3.05, 3.63) is 35.9 Å². The first-order valence-corrected chi connectivity index (χ1v) is 7.48. The molecule has 1 unspecified atom stereocenters. The first-order chi connectivity index (χ1) is 8.72. The van der Waals surface area contributed by atoms with E-state index in [0.717, 1.165) is 30.8 Å². The predicted molar refractivity (Wildman–Crippen MR) is 76.5 cm³/mol. The Morgan fingerprint density at radius 2 is 2.22 bits per heavy atom. The van der Waals surface area contributed by atoms with Crippen molar-refractivity contribution in [2.24, 2.45) is 5.73 Å². The van der Waals surface area contributed by atoms with Crippen molar-refractivity contribution >= 4 is 17.7 Å². The Balaban J connectivity index is 2.02. The number of carbonyl (C=O) groups excluding carboxylic acids is 1. The first kappa shape index (κ1) is 13.4. The predicted octanol–water partition coefficient (Wildman–Crippen LogP) is 2.04. The average Bonchev–Trinajstić information content (AvgIpc) is 2.46. The fourth-order valence-electron chi connectivity index (χ4n) is 2.17. The summed E-state index contributed by atoms with van der Waals surface area (Å²) < 4.78 is 0. The van der Waals surface area contributed by atoms with Gasteiger partial charge in [-0.2, -0.15) is 11.8 Å². The Morgan fingerprint density at radius 3 is 2.89 bits per heavy atom. The van der Waals surface area contributed by atoms with Gasteiger partial charge >= 0.3 is 0 Å². The molecule has 0 aromatic heterocycles. The quantitative estimate of drug-likeness (QED) is 0.909. The number of hydrogen-bond acceptors (Lipinski definition) is 3. The second kappa shape index (κ2) is 6.25.